The normalized spacial score (nSPS) is 19.8. The summed E-state index contributed by atoms with van der Waals surface area (Å²) in [4.78, 5) is 0. The van der Waals surface area contributed by atoms with Crippen molar-refractivity contribution in [1.82, 2.24) is 0 Å². The van der Waals surface area contributed by atoms with Gasteiger partial charge in [0, 0.05) is 52.9 Å². The first kappa shape index (κ1) is 132. The lowest BCUT2D eigenvalue weighted by atomic mass is 9.82. The quantitative estimate of drug-likeness (QED) is 0.0556. The van der Waals surface area contributed by atoms with Crippen molar-refractivity contribution < 1.29 is 43.0 Å². The molecule has 0 saturated heterocycles. The van der Waals surface area contributed by atoms with Gasteiger partial charge in [0.25, 0.3) is 0 Å². The fourth-order valence-electron chi connectivity index (χ4n) is 23.4. The van der Waals surface area contributed by atoms with Crippen LogP contribution in [-0.4, -0.2) is 108 Å². The number of hydrogen-bond donors (Lipinski definition) is 0. The third-order valence-corrected chi connectivity index (χ3v) is 32.8. The molecule has 6 atom stereocenters. The number of hydrogen-bond acceptors (Lipinski definition) is 8. The van der Waals surface area contributed by atoms with Crippen LogP contribution < -0.4 is 0 Å². The Kier molecular flexibility index (Phi) is 103. The van der Waals surface area contributed by atoms with Gasteiger partial charge >= 0.3 is 0 Å². The Labute approximate surface area is 866 Å². The van der Waals surface area contributed by atoms with Gasteiger partial charge in [0.05, 0.1) is 43.2 Å². The minimum Gasteiger partial charge on any atom is -0.378 e. The zero-order valence-corrected chi connectivity index (χ0v) is 95.2. The highest BCUT2D eigenvalue weighted by Crippen LogP contribution is 2.39. The number of ether oxygens (including phenoxy) is 8. The van der Waals surface area contributed by atoms with E-state index in [1.54, 1.807) is 0 Å². The van der Waals surface area contributed by atoms with Gasteiger partial charge in [-0.25, -0.2) is 5.11 Å². The first-order valence-corrected chi connectivity index (χ1v) is 65.0. The third-order valence-electron chi connectivity index (χ3n) is 32.8. The second-order valence-electron chi connectivity index (χ2n) is 46.5. The molecule has 9 heteroatoms. The van der Waals surface area contributed by atoms with E-state index in [1.165, 1.54) is 578 Å². The molecule has 0 amide bonds. The van der Waals surface area contributed by atoms with E-state index in [0.29, 0.717) is 25.0 Å². The van der Waals surface area contributed by atoms with Gasteiger partial charge in [-0.05, 0) is 101 Å². The standard InChI is InChI=1S/C129H253O9/c1-7-13-19-25-31-37-43-49-55-61-67-73-79-85-91-97-103-131-124-111-120(112-125(132-104-98-92-86-80-74-68-62-56-50-44-38-32-26-20-14-8-2)128(124)135-107-101-95-89-83-77-71-65-59-53-47-41-35-29-23-17-11-5)117-137-122-109-119(116-130)110-123(115-122)138-118-121-113-126(133-105-99-93-87-81-75-69-63-57-51-45-39-33-27-21-15-9-3)129(136-108-102-96-90-84-78-72-66-60-54-48-42-36-30-24-18-12-6)127(114-121)134-106-100-94-88-82-76-70-64-58-52-46-40-34-28-22-16-10-4/h119-129H,7-118H2,1-6H3. The molecule has 0 heterocycles. The van der Waals surface area contributed by atoms with Crippen molar-refractivity contribution in [3.63, 3.8) is 0 Å². The van der Waals surface area contributed by atoms with E-state index in [0.717, 1.165) is 123 Å². The molecule has 6 unspecified atom stereocenters. The van der Waals surface area contributed by atoms with Crippen LogP contribution in [-0.2, 0) is 43.0 Å². The SMILES string of the molecule is CCCCCCCCCCCCCCCCCCOC1CC(COC2CC(C[O])CC(OCC3CC(OCCCCCCCCCCCCCCCCCC)C(OCCCCCCCCCCCCCCCCCC)C(OCCCCCCCCCCCCCCCCCC)C3)C2)CC(OCCCCCCCCCCCCCCCCCC)C1OCCCCCCCCCCCCCCCCCC. The maximum absolute atomic E-state index is 13.3. The van der Waals surface area contributed by atoms with Gasteiger partial charge in [0.15, 0.2) is 0 Å². The molecule has 3 rings (SSSR count). The molecule has 9 nitrogen and oxygen atoms in total. The summed E-state index contributed by atoms with van der Waals surface area (Å²) >= 11 is 0. The van der Waals surface area contributed by atoms with Crippen LogP contribution in [0.4, 0.5) is 0 Å². The summed E-state index contributed by atoms with van der Waals surface area (Å²) in [7, 11) is 0. The summed E-state index contributed by atoms with van der Waals surface area (Å²) in [6, 6.07) is 0. The summed E-state index contributed by atoms with van der Waals surface area (Å²) in [6.45, 7) is 20.0. The molecule has 3 saturated carbocycles. The minimum atomic E-state index is -0.0709. The monoisotopic (exact) mass is 1950 g/mol. The average molecular weight is 1950 g/mol. The first-order valence-electron chi connectivity index (χ1n) is 65.0. The Hall–Kier alpha value is -0.360. The molecular formula is C129H253O9. The van der Waals surface area contributed by atoms with Crippen molar-refractivity contribution in [1.29, 1.82) is 0 Å². The zero-order valence-electron chi connectivity index (χ0n) is 95.2. The van der Waals surface area contributed by atoms with E-state index < -0.39 is 0 Å². The van der Waals surface area contributed by atoms with Gasteiger partial charge < -0.3 is 37.9 Å². The van der Waals surface area contributed by atoms with Crippen molar-refractivity contribution in [3.05, 3.63) is 0 Å². The minimum absolute atomic E-state index is 0.000737. The average Bonchev–Trinajstić information content (AvgIpc) is 0.823. The Morgan fingerprint density at radius 1 is 0.138 bits per heavy atom. The van der Waals surface area contributed by atoms with E-state index in [2.05, 4.69) is 41.5 Å². The van der Waals surface area contributed by atoms with Crippen LogP contribution in [0.3, 0.4) is 0 Å². The Bertz CT molecular complexity index is 2020. The fourth-order valence-corrected chi connectivity index (χ4v) is 23.4. The molecule has 3 aliphatic rings. The lowest BCUT2D eigenvalue weighted by Crippen LogP contribution is -2.50. The molecule has 3 aliphatic carbocycles. The lowest BCUT2D eigenvalue weighted by molar-refractivity contribution is -0.180. The third kappa shape index (κ3) is 85.4. The zero-order chi connectivity index (χ0) is 98.2. The van der Waals surface area contributed by atoms with Crippen LogP contribution in [0.1, 0.15) is 703 Å². The van der Waals surface area contributed by atoms with Crippen LogP contribution in [0.2, 0.25) is 0 Å². The summed E-state index contributed by atoms with van der Waals surface area (Å²) < 4.78 is 57.8. The van der Waals surface area contributed by atoms with Gasteiger partial charge in [-0.1, -0.05) is 619 Å². The Balaban J connectivity index is 1.78. The molecule has 0 aromatic carbocycles. The van der Waals surface area contributed by atoms with E-state index in [-0.39, 0.29) is 61.4 Å². The molecule has 0 N–H and O–H groups in total. The van der Waals surface area contributed by atoms with Crippen LogP contribution in [0.25, 0.3) is 0 Å². The van der Waals surface area contributed by atoms with Gasteiger partial charge in [0.2, 0.25) is 0 Å². The van der Waals surface area contributed by atoms with E-state index in [1.807, 2.05) is 0 Å². The molecule has 0 aliphatic heterocycles. The number of unbranched alkanes of at least 4 members (excludes halogenated alkanes) is 90. The summed E-state index contributed by atoms with van der Waals surface area (Å²) in [5.41, 5.74) is 0. The van der Waals surface area contributed by atoms with Gasteiger partial charge in [-0.15, -0.1) is 0 Å². The summed E-state index contributed by atoms with van der Waals surface area (Å²) in [5.74, 6) is 0.648. The maximum Gasteiger partial charge on any atom is 0.110 e. The molecule has 0 aromatic heterocycles. The first-order chi connectivity index (χ1) is 68.5. The summed E-state index contributed by atoms with van der Waals surface area (Å²) in [5, 5.41) is 13.3. The van der Waals surface area contributed by atoms with Crippen molar-refractivity contribution in [2.75, 3.05) is 59.5 Å². The van der Waals surface area contributed by atoms with Gasteiger partial charge in [-0.3, -0.25) is 0 Å². The Morgan fingerprint density at radius 2 is 0.268 bits per heavy atom. The highest BCUT2D eigenvalue weighted by atomic mass is 16.6. The van der Waals surface area contributed by atoms with Crippen molar-refractivity contribution in [2.45, 2.75) is 752 Å². The van der Waals surface area contributed by atoms with E-state index in [4.69, 9.17) is 37.9 Å². The van der Waals surface area contributed by atoms with Gasteiger partial charge in [-0.2, -0.15) is 0 Å². The van der Waals surface area contributed by atoms with Gasteiger partial charge in [0.1, 0.15) is 12.2 Å². The molecule has 1 radical (unpaired) electrons. The Morgan fingerprint density at radius 3 is 0.406 bits per heavy atom. The summed E-state index contributed by atoms with van der Waals surface area (Å²) in [6.07, 6.45) is 138. The van der Waals surface area contributed by atoms with Crippen LogP contribution in [0, 0.1) is 17.8 Å². The molecular weight excluding hydrogens is 1690 g/mol. The topological polar surface area (TPSA) is 93.7 Å². The molecule has 0 spiro atoms. The van der Waals surface area contributed by atoms with Crippen molar-refractivity contribution >= 4 is 0 Å². The molecule has 823 valence electrons. The molecule has 0 aromatic rings. The highest BCUT2D eigenvalue weighted by Gasteiger charge is 2.43. The molecule has 138 heavy (non-hydrogen) atoms. The van der Waals surface area contributed by atoms with Crippen molar-refractivity contribution in [2.24, 2.45) is 17.8 Å². The van der Waals surface area contributed by atoms with E-state index >= 15 is 0 Å². The smallest absolute Gasteiger partial charge is 0.110 e. The van der Waals surface area contributed by atoms with Crippen LogP contribution in [0.15, 0.2) is 0 Å². The second kappa shape index (κ2) is 108. The largest absolute Gasteiger partial charge is 0.378 e. The molecule has 0 bridgehead atoms. The number of rotatable bonds is 115. The van der Waals surface area contributed by atoms with Crippen molar-refractivity contribution in [3.8, 4) is 0 Å². The fraction of sp³-hybridized carbons (Fsp3) is 1.00. The maximum atomic E-state index is 13.3. The van der Waals surface area contributed by atoms with Crippen LogP contribution in [0.5, 0.6) is 0 Å². The van der Waals surface area contributed by atoms with Crippen LogP contribution >= 0.6 is 0 Å². The van der Waals surface area contributed by atoms with E-state index in [9.17, 15) is 5.11 Å². The predicted octanol–water partition coefficient (Wildman–Crippen LogP) is 42.7. The second-order valence-corrected chi connectivity index (χ2v) is 46.5. The molecule has 3 fully saturated rings. The lowest BCUT2D eigenvalue weighted by Gasteiger charge is -2.43. The predicted molar refractivity (Wildman–Crippen MR) is 604 cm³/mol. The highest BCUT2D eigenvalue weighted by molar-refractivity contribution is 4.93.